The molecule has 2 heterocycles. The number of carbonyl (C=O) groups is 1. The number of aromatic nitrogens is 1. The highest BCUT2D eigenvalue weighted by molar-refractivity contribution is 8.18. The van der Waals surface area contributed by atoms with Crippen LogP contribution in [0.2, 0.25) is 0 Å². The molecule has 3 aromatic rings. The van der Waals surface area contributed by atoms with Crippen molar-refractivity contribution in [2.75, 3.05) is 13.1 Å². The van der Waals surface area contributed by atoms with Crippen LogP contribution in [0.3, 0.4) is 0 Å². The fourth-order valence-electron chi connectivity index (χ4n) is 3.78. The lowest BCUT2D eigenvalue weighted by Crippen LogP contribution is -2.28. The molecule has 2 aromatic carbocycles. The average molecular weight is 404 g/mol. The van der Waals surface area contributed by atoms with Gasteiger partial charge in [-0.1, -0.05) is 48.5 Å². The van der Waals surface area contributed by atoms with Crippen LogP contribution in [0.4, 0.5) is 0 Å². The molecular formula is C24H25N3OS. The summed E-state index contributed by atoms with van der Waals surface area (Å²) in [6.45, 7) is 8.24. The van der Waals surface area contributed by atoms with E-state index in [-0.39, 0.29) is 5.91 Å². The number of hydrogen-bond acceptors (Lipinski definition) is 3. The maximum absolute atomic E-state index is 12.9. The van der Waals surface area contributed by atoms with Crippen LogP contribution in [0.25, 0.3) is 17.0 Å². The van der Waals surface area contributed by atoms with Crippen molar-refractivity contribution >= 4 is 39.8 Å². The molecule has 0 N–H and O–H groups in total. The van der Waals surface area contributed by atoms with E-state index in [0.29, 0.717) is 13.1 Å². The molecule has 0 radical (unpaired) electrons. The quantitative estimate of drug-likeness (QED) is 0.542. The van der Waals surface area contributed by atoms with Crippen LogP contribution < -0.4 is 0 Å². The third-order valence-electron chi connectivity index (χ3n) is 5.24. The highest BCUT2D eigenvalue weighted by Gasteiger charge is 2.32. The molecule has 5 heteroatoms. The SMILES string of the molecule is CCN=C1S/C(=C/c2c(C)n(Cc3ccccc3)c3ccccc23)C(=O)N1CC. The van der Waals surface area contributed by atoms with Gasteiger partial charge in [0.15, 0.2) is 5.17 Å². The van der Waals surface area contributed by atoms with Crippen LogP contribution in [0, 0.1) is 6.92 Å². The Balaban J connectivity index is 1.81. The lowest BCUT2D eigenvalue weighted by atomic mass is 10.1. The predicted octanol–water partition coefficient (Wildman–Crippen LogP) is 5.31. The van der Waals surface area contributed by atoms with E-state index in [1.165, 1.54) is 33.9 Å². The van der Waals surface area contributed by atoms with Gasteiger partial charge in [0.05, 0.1) is 4.91 Å². The minimum Gasteiger partial charge on any atom is -0.340 e. The first-order valence-electron chi connectivity index (χ1n) is 10.0. The van der Waals surface area contributed by atoms with E-state index < -0.39 is 0 Å². The summed E-state index contributed by atoms with van der Waals surface area (Å²) in [6.07, 6.45) is 2.05. The molecule has 1 fully saturated rings. The Morgan fingerprint density at radius 1 is 1.03 bits per heavy atom. The minimum absolute atomic E-state index is 0.0454. The number of nitrogens with zero attached hydrogens (tertiary/aromatic N) is 3. The topological polar surface area (TPSA) is 37.6 Å². The summed E-state index contributed by atoms with van der Waals surface area (Å²) >= 11 is 1.48. The zero-order valence-electron chi connectivity index (χ0n) is 17.1. The monoisotopic (exact) mass is 403 g/mol. The zero-order chi connectivity index (χ0) is 20.4. The molecule has 4 nitrogen and oxygen atoms in total. The van der Waals surface area contributed by atoms with Crippen LogP contribution in [0.5, 0.6) is 0 Å². The number of aliphatic imine (C=N–C) groups is 1. The average Bonchev–Trinajstić information content (AvgIpc) is 3.18. The van der Waals surface area contributed by atoms with Gasteiger partial charge in [-0.3, -0.25) is 14.7 Å². The molecule has 0 spiro atoms. The lowest BCUT2D eigenvalue weighted by Gasteiger charge is -2.11. The van der Waals surface area contributed by atoms with Gasteiger partial charge in [0.1, 0.15) is 0 Å². The Morgan fingerprint density at radius 3 is 2.48 bits per heavy atom. The third-order valence-corrected chi connectivity index (χ3v) is 6.28. The van der Waals surface area contributed by atoms with E-state index >= 15 is 0 Å². The van der Waals surface area contributed by atoms with Crippen molar-refractivity contribution in [1.29, 1.82) is 0 Å². The Hall–Kier alpha value is -2.79. The Bertz CT molecular complexity index is 1110. The summed E-state index contributed by atoms with van der Waals surface area (Å²) in [5.74, 6) is 0.0454. The van der Waals surface area contributed by atoms with Crippen molar-refractivity contribution < 1.29 is 4.79 Å². The second-order valence-corrected chi connectivity index (χ2v) is 8.01. The van der Waals surface area contributed by atoms with Crippen molar-refractivity contribution in [2.24, 2.45) is 4.99 Å². The zero-order valence-corrected chi connectivity index (χ0v) is 17.9. The number of fused-ring (bicyclic) bond motifs is 1. The smallest absolute Gasteiger partial charge is 0.266 e. The second-order valence-electron chi connectivity index (χ2n) is 7.00. The van der Waals surface area contributed by atoms with Crippen molar-refractivity contribution in [1.82, 2.24) is 9.47 Å². The highest BCUT2D eigenvalue weighted by Crippen LogP contribution is 2.35. The summed E-state index contributed by atoms with van der Waals surface area (Å²) in [5.41, 5.74) is 4.73. The van der Waals surface area contributed by atoms with Gasteiger partial charge in [0.2, 0.25) is 0 Å². The van der Waals surface area contributed by atoms with Gasteiger partial charge in [-0.2, -0.15) is 0 Å². The van der Waals surface area contributed by atoms with Gasteiger partial charge in [0.25, 0.3) is 5.91 Å². The number of para-hydroxylation sites is 1. The molecule has 1 aliphatic heterocycles. The molecule has 0 bridgehead atoms. The van der Waals surface area contributed by atoms with E-state index in [2.05, 4.69) is 65.0 Å². The van der Waals surface area contributed by atoms with E-state index in [4.69, 9.17) is 0 Å². The second kappa shape index (κ2) is 8.29. The number of carbonyl (C=O) groups excluding carboxylic acids is 1. The third kappa shape index (κ3) is 3.62. The Labute approximate surface area is 175 Å². The van der Waals surface area contributed by atoms with Crippen LogP contribution in [-0.4, -0.2) is 33.6 Å². The fourth-order valence-corrected chi connectivity index (χ4v) is 4.87. The van der Waals surface area contributed by atoms with Crippen molar-refractivity contribution in [3.05, 3.63) is 76.3 Å². The molecule has 1 saturated heterocycles. The van der Waals surface area contributed by atoms with Gasteiger partial charge in [-0.15, -0.1) is 0 Å². The van der Waals surface area contributed by atoms with Crippen molar-refractivity contribution in [2.45, 2.75) is 27.3 Å². The van der Waals surface area contributed by atoms with Crippen molar-refractivity contribution in [3.8, 4) is 0 Å². The first-order chi connectivity index (χ1) is 14.1. The minimum atomic E-state index is 0.0454. The number of thioether (sulfide) groups is 1. The summed E-state index contributed by atoms with van der Waals surface area (Å²) in [6, 6.07) is 18.9. The molecular weight excluding hydrogens is 378 g/mol. The molecule has 1 amide bonds. The fraction of sp³-hybridized carbons (Fsp3) is 0.250. The van der Waals surface area contributed by atoms with E-state index in [1.807, 2.05) is 26.0 Å². The van der Waals surface area contributed by atoms with Crippen LogP contribution in [0.1, 0.15) is 30.7 Å². The standard InChI is InChI=1S/C24H25N3OS/c1-4-25-24-26(5-2)23(28)22(29-24)15-20-17(3)27(16-18-11-7-6-8-12-18)21-14-10-9-13-19(20)21/h6-15H,4-5,16H2,1-3H3/b22-15+,25-24?. The molecule has 29 heavy (non-hydrogen) atoms. The van der Waals surface area contributed by atoms with Crippen LogP contribution in [-0.2, 0) is 11.3 Å². The maximum atomic E-state index is 12.9. The molecule has 0 saturated carbocycles. The predicted molar refractivity (Wildman–Crippen MR) is 123 cm³/mol. The molecule has 4 rings (SSSR count). The van der Waals surface area contributed by atoms with Crippen molar-refractivity contribution in [3.63, 3.8) is 0 Å². The lowest BCUT2D eigenvalue weighted by molar-refractivity contribution is -0.122. The van der Waals surface area contributed by atoms with E-state index in [0.717, 1.165) is 22.2 Å². The summed E-state index contributed by atoms with van der Waals surface area (Å²) in [5, 5.41) is 1.97. The summed E-state index contributed by atoms with van der Waals surface area (Å²) in [7, 11) is 0. The largest absolute Gasteiger partial charge is 0.340 e. The normalized spacial score (nSPS) is 17.2. The van der Waals surface area contributed by atoms with Gasteiger partial charge >= 0.3 is 0 Å². The molecule has 0 atom stereocenters. The number of hydrogen-bond donors (Lipinski definition) is 0. The number of amidine groups is 1. The molecule has 1 aromatic heterocycles. The number of amides is 1. The molecule has 148 valence electrons. The van der Waals surface area contributed by atoms with Crippen LogP contribution in [0.15, 0.2) is 64.5 Å². The molecule has 0 aliphatic carbocycles. The van der Waals surface area contributed by atoms with E-state index in [1.54, 1.807) is 4.90 Å². The Morgan fingerprint density at radius 2 is 1.76 bits per heavy atom. The maximum Gasteiger partial charge on any atom is 0.266 e. The number of benzene rings is 2. The number of rotatable bonds is 5. The van der Waals surface area contributed by atoms with Gasteiger partial charge < -0.3 is 4.57 Å². The van der Waals surface area contributed by atoms with Gasteiger partial charge in [0, 0.05) is 41.8 Å². The molecule has 0 unspecified atom stereocenters. The summed E-state index contributed by atoms with van der Waals surface area (Å²) in [4.78, 5) is 19.9. The highest BCUT2D eigenvalue weighted by atomic mass is 32.2. The van der Waals surface area contributed by atoms with E-state index in [9.17, 15) is 4.79 Å². The first-order valence-corrected chi connectivity index (χ1v) is 10.8. The Kier molecular flexibility index (Phi) is 5.58. The van der Waals surface area contributed by atoms with Gasteiger partial charge in [-0.05, 0) is 50.2 Å². The first kappa shape index (κ1) is 19.5. The summed E-state index contributed by atoms with van der Waals surface area (Å²) < 4.78 is 2.33. The van der Waals surface area contributed by atoms with Gasteiger partial charge in [-0.25, -0.2) is 0 Å². The van der Waals surface area contributed by atoms with Crippen LogP contribution >= 0.6 is 11.8 Å². The molecule has 1 aliphatic rings. The number of likely N-dealkylation sites (N-methyl/N-ethyl adjacent to an activating group) is 1.